The van der Waals surface area contributed by atoms with Gasteiger partial charge in [-0.25, -0.2) is 0 Å². The molecule has 0 aliphatic rings. The molecule has 1 heterocycles. The van der Waals surface area contributed by atoms with E-state index in [1.54, 1.807) is 0 Å². The number of amides is 1. The molecule has 0 unspecified atom stereocenters. The minimum Gasteiger partial charge on any atom is -0.388 e. The molecular weight excluding hydrogens is 258 g/mol. The Morgan fingerprint density at radius 2 is 2.20 bits per heavy atom. The van der Waals surface area contributed by atoms with Crippen LogP contribution in [0.4, 0.5) is 0 Å². The Morgan fingerprint density at radius 1 is 1.45 bits per heavy atom. The van der Waals surface area contributed by atoms with Gasteiger partial charge in [0.05, 0.1) is 0 Å². The van der Waals surface area contributed by atoms with Crippen LogP contribution in [0.15, 0.2) is 10.6 Å². The quantitative estimate of drug-likeness (QED) is 0.595. The molecule has 0 aliphatic heterocycles. The standard InChI is InChI=1S/C14H25N3O3/c1-4-5-6-15-9-14(2,3)10-16-13(19)12-7-11(8-18)20-17-12/h7,15,18H,4-6,8-10H2,1-3H3,(H,16,19). The highest BCUT2D eigenvalue weighted by Gasteiger charge is 2.20. The van der Waals surface area contributed by atoms with Crippen LogP contribution in [0.1, 0.15) is 49.9 Å². The molecule has 0 saturated heterocycles. The Kier molecular flexibility index (Phi) is 6.67. The predicted octanol–water partition coefficient (Wildman–Crippen LogP) is 1.31. The van der Waals surface area contributed by atoms with Crippen LogP contribution in [0, 0.1) is 5.41 Å². The first-order valence-electron chi connectivity index (χ1n) is 7.04. The van der Waals surface area contributed by atoms with E-state index in [2.05, 4.69) is 36.6 Å². The molecule has 6 heteroatoms. The first-order chi connectivity index (χ1) is 9.48. The summed E-state index contributed by atoms with van der Waals surface area (Å²) in [5.41, 5.74) is 0.163. The fraction of sp³-hybridized carbons (Fsp3) is 0.714. The lowest BCUT2D eigenvalue weighted by Gasteiger charge is -2.25. The van der Waals surface area contributed by atoms with E-state index in [4.69, 9.17) is 9.63 Å². The zero-order chi connectivity index (χ0) is 15.0. The Bertz CT molecular complexity index is 416. The van der Waals surface area contributed by atoms with E-state index in [1.807, 2.05) is 0 Å². The highest BCUT2D eigenvalue weighted by molar-refractivity contribution is 5.92. The van der Waals surface area contributed by atoms with Crippen LogP contribution in [0.2, 0.25) is 0 Å². The van der Waals surface area contributed by atoms with E-state index in [9.17, 15) is 4.79 Å². The fourth-order valence-corrected chi connectivity index (χ4v) is 1.70. The number of carbonyl (C=O) groups is 1. The van der Waals surface area contributed by atoms with Crippen molar-refractivity contribution in [1.29, 1.82) is 0 Å². The number of nitrogens with zero attached hydrogens (tertiary/aromatic N) is 1. The second kappa shape index (κ2) is 8.01. The summed E-state index contributed by atoms with van der Waals surface area (Å²) in [4.78, 5) is 11.9. The molecule has 114 valence electrons. The molecule has 0 bridgehead atoms. The van der Waals surface area contributed by atoms with Crippen molar-refractivity contribution in [3.05, 3.63) is 17.5 Å². The Hall–Kier alpha value is -1.40. The number of aliphatic hydroxyl groups is 1. The SMILES string of the molecule is CCCCNCC(C)(C)CNC(=O)c1cc(CO)on1. The van der Waals surface area contributed by atoms with Crippen molar-refractivity contribution in [2.24, 2.45) is 5.41 Å². The summed E-state index contributed by atoms with van der Waals surface area (Å²) < 4.78 is 4.79. The third kappa shape index (κ3) is 5.71. The van der Waals surface area contributed by atoms with Gasteiger partial charge in [0, 0.05) is 19.2 Å². The maximum absolute atomic E-state index is 11.9. The number of unbranched alkanes of at least 4 members (excludes halogenated alkanes) is 1. The minimum atomic E-state index is -0.282. The highest BCUT2D eigenvalue weighted by Crippen LogP contribution is 2.12. The molecule has 1 aromatic heterocycles. The van der Waals surface area contributed by atoms with Gasteiger partial charge in [0.2, 0.25) is 0 Å². The van der Waals surface area contributed by atoms with Crippen molar-refractivity contribution in [3.63, 3.8) is 0 Å². The van der Waals surface area contributed by atoms with Gasteiger partial charge < -0.3 is 20.3 Å². The van der Waals surface area contributed by atoms with Crippen molar-refractivity contribution in [2.45, 2.75) is 40.2 Å². The third-order valence-electron chi connectivity index (χ3n) is 2.99. The molecule has 0 spiro atoms. The van der Waals surface area contributed by atoms with Crippen LogP contribution in [0.25, 0.3) is 0 Å². The smallest absolute Gasteiger partial charge is 0.273 e. The molecule has 0 aromatic carbocycles. The number of nitrogens with one attached hydrogen (secondary N) is 2. The van der Waals surface area contributed by atoms with Gasteiger partial charge in [-0.3, -0.25) is 4.79 Å². The number of rotatable bonds is 9. The molecule has 1 rings (SSSR count). The van der Waals surface area contributed by atoms with E-state index in [1.165, 1.54) is 12.5 Å². The van der Waals surface area contributed by atoms with Gasteiger partial charge in [-0.2, -0.15) is 0 Å². The van der Waals surface area contributed by atoms with Crippen LogP contribution in [0.3, 0.4) is 0 Å². The van der Waals surface area contributed by atoms with Gasteiger partial charge in [-0.1, -0.05) is 32.3 Å². The third-order valence-corrected chi connectivity index (χ3v) is 2.99. The first-order valence-corrected chi connectivity index (χ1v) is 7.04. The van der Waals surface area contributed by atoms with Gasteiger partial charge in [-0.05, 0) is 18.4 Å². The lowest BCUT2D eigenvalue weighted by atomic mass is 9.93. The van der Waals surface area contributed by atoms with Crippen molar-refractivity contribution < 1.29 is 14.4 Å². The zero-order valence-corrected chi connectivity index (χ0v) is 12.5. The van der Waals surface area contributed by atoms with Crippen LogP contribution in [0.5, 0.6) is 0 Å². The average Bonchev–Trinajstić information content (AvgIpc) is 2.90. The number of aromatic nitrogens is 1. The van der Waals surface area contributed by atoms with E-state index in [0.717, 1.165) is 19.5 Å². The molecule has 3 N–H and O–H groups in total. The van der Waals surface area contributed by atoms with Crippen molar-refractivity contribution >= 4 is 5.91 Å². The maximum Gasteiger partial charge on any atom is 0.273 e. The lowest BCUT2D eigenvalue weighted by molar-refractivity contribution is 0.0926. The number of hydrogen-bond donors (Lipinski definition) is 3. The molecule has 0 aliphatic carbocycles. The van der Waals surface area contributed by atoms with Crippen molar-refractivity contribution in [2.75, 3.05) is 19.6 Å². The Balaban J connectivity index is 2.35. The number of aliphatic hydroxyl groups excluding tert-OH is 1. The molecule has 1 aromatic rings. The highest BCUT2D eigenvalue weighted by atomic mass is 16.5. The van der Waals surface area contributed by atoms with Crippen LogP contribution in [-0.2, 0) is 6.61 Å². The Morgan fingerprint density at radius 3 is 2.80 bits per heavy atom. The van der Waals surface area contributed by atoms with E-state index in [-0.39, 0.29) is 29.4 Å². The normalized spacial score (nSPS) is 11.6. The number of carbonyl (C=O) groups excluding carboxylic acids is 1. The molecule has 1 amide bonds. The van der Waals surface area contributed by atoms with Gasteiger partial charge in [0.25, 0.3) is 5.91 Å². The molecular formula is C14H25N3O3. The summed E-state index contributed by atoms with van der Waals surface area (Å²) in [6.07, 6.45) is 2.33. The molecule has 6 nitrogen and oxygen atoms in total. The summed E-state index contributed by atoms with van der Waals surface area (Å²) in [5.74, 6) is 0.00530. The summed E-state index contributed by atoms with van der Waals surface area (Å²) in [7, 11) is 0. The largest absolute Gasteiger partial charge is 0.388 e. The summed E-state index contributed by atoms with van der Waals surface area (Å²) in [6.45, 7) is 8.47. The van der Waals surface area contributed by atoms with Crippen molar-refractivity contribution in [1.82, 2.24) is 15.8 Å². The lowest BCUT2D eigenvalue weighted by Crippen LogP contribution is -2.40. The summed E-state index contributed by atoms with van der Waals surface area (Å²) in [5, 5.41) is 18.7. The molecule has 20 heavy (non-hydrogen) atoms. The molecule has 0 atom stereocenters. The minimum absolute atomic E-state index is 0.0348. The Labute approximate surface area is 119 Å². The number of hydrogen-bond acceptors (Lipinski definition) is 5. The zero-order valence-electron chi connectivity index (χ0n) is 12.5. The predicted molar refractivity (Wildman–Crippen MR) is 76.3 cm³/mol. The van der Waals surface area contributed by atoms with E-state index >= 15 is 0 Å². The fourth-order valence-electron chi connectivity index (χ4n) is 1.70. The molecule has 0 saturated carbocycles. The topological polar surface area (TPSA) is 87.4 Å². The van der Waals surface area contributed by atoms with Gasteiger partial charge in [0.1, 0.15) is 6.61 Å². The van der Waals surface area contributed by atoms with E-state index < -0.39 is 0 Å². The van der Waals surface area contributed by atoms with E-state index in [0.29, 0.717) is 6.54 Å². The monoisotopic (exact) mass is 283 g/mol. The van der Waals surface area contributed by atoms with Crippen molar-refractivity contribution in [3.8, 4) is 0 Å². The first kappa shape index (κ1) is 16.7. The summed E-state index contributed by atoms with van der Waals surface area (Å²) >= 11 is 0. The van der Waals surface area contributed by atoms with Gasteiger partial charge in [-0.15, -0.1) is 0 Å². The van der Waals surface area contributed by atoms with Crippen LogP contribution >= 0.6 is 0 Å². The molecule has 0 radical (unpaired) electrons. The van der Waals surface area contributed by atoms with Gasteiger partial charge in [0.15, 0.2) is 11.5 Å². The maximum atomic E-state index is 11.9. The second-order valence-electron chi connectivity index (χ2n) is 5.71. The van der Waals surface area contributed by atoms with Crippen LogP contribution < -0.4 is 10.6 Å². The van der Waals surface area contributed by atoms with Gasteiger partial charge >= 0.3 is 0 Å². The molecule has 0 fully saturated rings. The van der Waals surface area contributed by atoms with Crippen LogP contribution in [-0.4, -0.2) is 35.8 Å². The second-order valence-corrected chi connectivity index (χ2v) is 5.71. The summed E-state index contributed by atoms with van der Waals surface area (Å²) in [6, 6.07) is 1.45. The average molecular weight is 283 g/mol.